The van der Waals surface area contributed by atoms with Gasteiger partial charge in [-0.2, -0.15) is 0 Å². The number of anilines is 2. The monoisotopic (exact) mass is 479 g/mol. The summed E-state index contributed by atoms with van der Waals surface area (Å²) in [5.74, 6) is -0.432. The number of carbonyl (C=O) groups excluding carboxylic acids is 1. The third-order valence-corrected chi connectivity index (χ3v) is 7.35. The lowest BCUT2D eigenvalue weighted by Gasteiger charge is -2.21. The third-order valence-electron chi connectivity index (χ3n) is 4.49. The van der Waals surface area contributed by atoms with Crippen molar-refractivity contribution in [1.82, 2.24) is 14.9 Å². The van der Waals surface area contributed by atoms with Crippen molar-refractivity contribution in [1.29, 1.82) is 0 Å². The fraction of sp³-hybridized carbons (Fsp3) is 0.250. The minimum absolute atomic E-state index is 0.0869. The molecule has 1 aromatic heterocycles. The van der Waals surface area contributed by atoms with E-state index in [0.29, 0.717) is 10.6 Å². The maximum Gasteiger partial charge on any atom is 0.270 e. The average molecular weight is 480 g/mol. The highest BCUT2D eigenvalue weighted by Crippen LogP contribution is 2.21. The summed E-state index contributed by atoms with van der Waals surface area (Å²) in [6.45, 7) is 6.08. The second-order valence-electron chi connectivity index (χ2n) is 6.50. The van der Waals surface area contributed by atoms with Crippen molar-refractivity contribution in [2.75, 3.05) is 23.3 Å². The summed E-state index contributed by atoms with van der Waals surface area (Å²) in [5.41, 5.74) is 2.28. The molecule has 0 saturated heterocycles. The number of benzene rings is 2. The Labute approximate surface area is 190 Å². The molecule has 8 nitrogen and oxygen atoms in total. The smallest absolute Gasteiger partial charge is 0.270 e. The average Bonchev–Trinajstić information content (AvgIpc) is 3.24. The normalized spacial score (nSPS) is 11.3. The summed E-state index contributed by atoms with van der Waals surface area (Å²) in [5, 5.41) is 10.6. The highest BCUT2D eigenvalue weighted by Gasteiger charge is 2.21. The lowest BCUT2D eigenvalue weighted by atomic mass is 10.2. The lowest BCUT2D eigenvalue weighted by Crippen LogP contribution is -2.23. The maximum atomic E-state index is 12.5. The molecular formula is C20H22ClN5O3S2. The molecule has 0 bridgehead atoms. The molecule has 164 valence electrons. The van der Waals surface area contributed by atoms with Crippen LogP contribution in [0.5, 0.6) is 0 Å². The van der Waals surface area contributed by atoms with Crippen LogP contribution >= 0.6 is 22.9 Å². The summed E-state index contributed by atoms with van der Waals surface area (Å²) in [4.78, 5) is 14.4. The van der Waals surface area contributed by atoms with Crippen molar-refractivity contribution in [3.05, 3.63) is 64.7 Å². The van der Waals surface area contributed by atoms with Gasteiger partial charge in [-0.1, -0.05) is 35.1 Å². The molecule has 0 unspecified atom stereocenters. The van der Waals surface area contributed by atoms with Crippen LogP contribution in [0.3, 0.4) is 0 Å². The SMILES string of the molecule is CCN(CC)c1ccc(CNS(=O)(=O)c2nnc(NC(=O)c3ccc(Cl)cc3)s2)cc1. The quantitative estimate of drug-likeness (QED) is 0.453. The van der Waals surface area contributed by atoms with Gasteiger partial charge in [0.1, 0.15) is 0 Å². The second-order valence-corrected chi connectivity index (χ2v) is 9.85. The maximum absolute atomic E-state index is 12.5. The van der Waals surface area contributed by atoms with Crippen molar-refractivity contribution < 1.29 is 13.2 Å². The Balaban J connectivity index is 1.61. The number of hydrogen-bond donors (Lipinski definition) is 2. The molecule has 0 fully saturated rings. The van der Waals surface area contributed by atoms with Gasteiger partial charge in [0.15, 0.2) is 0 Å². The lowest BCUT2D eigenvalue weighted by molar-refractivity contribution is 0.102. The van der Waals surface area contributed by atoms with Crippen LogP contribution in [0, 0.1) is 0 Å². The highest BCUT2D eigenvalue weighted by molar-refractivity contribution is 7.91. The van der Waals surface area contributed by atoms with Gasteiger partial charge in [0.25, 0.3) is 15.9 Å². The number of carbonyl (C=O) groups is 1. The van der Waals surface area contributed by atoms with Gasteiger partial charge in [0.2, 0.25) is 9.47 Å². The van der Waals surface area contributed by atoms with E-state index < -0.39 is 15.9 Å². The number of sulfonamides is 1. The van der Waals surface area contributed by atoms with E-state index in [4.69, 9.17) is 11.6 Å². The molecule has 3 rings (SSSR count). The number of amides is 1. The molecule has 0 atom stereocenters. The second kappa shape index (κ2) is 10.2. The fourth-order valence-corrected chi connectivity index (χ4v) is 4.87. The van der Waals surface area contributed by atoms with Crippen LogP contribution in [0.2, 0.25) is 5.02 Å². The number of nitrogens with zero attached hydrogens (tertiary/aromatic N) is 3. The largest absolute Gasteiger partial charge is 0.372 e. The molecular weight excluding hydrogens is 458 g/mol. The van der Waals surface area contributed by atoms with E-state index in [-0.39, 0.29) is 16.0 Å². The molecule has 1 heterocycles. The minimum Gasteiger partial charge on any atom is -0.372 e. The van der Waals surface area contributed by atoms with Crippen molar-refractivity contribution in [3.63, 3.8) is 0 Å². The van der Waals surface area contributed by atoms with Crippen LogP contribution < -0.4 is 14.9 Å². The van der Waals surface area contributed by atoms with Gasteiger partial charge in [-0.05, 0) is 55.8 Å². The van der Waals surface area contributed by atoms with Gasteiger partial charge in [-0.3, -0.25) is 10.1 Å². The van der Waals surface area contributed by atoms with E-state index in [1.807, 2.05) is 24.3 Å². The van der Waals surface area contributed by atoms with E-state index in [0.717, 1.165) is 35.7 Å². The molecule has 3 aromatic rings. The molecule has 0 saturated carbocycles. The molecule has 0 aliphatic rings. The zero-order chi connectivity index (χ0) is 22.4. The van der Waals surface area contributed by atoms with E-state index in [1.54, 1.807) is 24.3 Å². The van der Waals surface area contributed by atoms with Gasteiger partial charge in [-0.25, -0.2) is 13.1 Å². The first-order chi connectivity index (χ1) is 14.8. The molecule has 0 spiro atoms. The van der Waals surface area contributed by atoms with Gasteiger partial charge in [-0.15, -0.1) is 10.2 Å². The molecule has 2 N–H and O–H groups in total. The van der Waals surface area contributed by atoms with Crippen LogP contribution in [-0.2, 0) is 16.6 Å². The van der Waals surface area contributed by atoms with Crippen molar-refractivity contribution in [3.8, 4) is 0 Å². The Morgan fingerprint density at radius 3 is 2.29 bits per heavy atom. The van der Waals surface area contributed by atoms with Crippen LogP contribution in [0.4, 0.5) is 10.8 Å². The number of nitrogens with one attached hydrogen (secondary N) is 2. The van der Waals surface area contributed by atoms with Crippen molar-refractivity contribution in [2.24, 2.45) is 0 Å². The van der Waals surface area contributed by atoms with Crippen molar-refractivity contribution in [2.45, 2.75) is 24.7 Å². The summed E-state index contributed by atoms with van der Waals surface area (Å²) >= 11 is 6.59. The van der Waals surface area contributed by atoms with Crippen LogP contribution in [0.1, 0.15) is 29.8 Å². The van der Waals surface area contributed by atoms with E-state index in [1.165, 1.54) is 0 Å². The van der Waals surface area contributed by atoms with Crippen LogP contribution in [0.15, 0.2) is 52.9 Å². The minimum atomic E-state index is -3.86. The first-order valence-electron chi connectivity index (χ1n) is 9.56. The zero-order valence-corrected chi connectivity index (χ0v) is 19.4. The summed E-state index contributed by atoms with van der Waals surface area (Å²) in [7, 11) is -3.86. The standard InChI is InChI=1S/C20H22ClN5O3S2/c1-3-26(4-2)17-11-5-14(6-12-17)13-22-31(28,29)20-25-24-19(30-20)23-18(27)15-7-9-16(21)10-8-15/h5-12,22H,3-4,13H2,1-2H3,(H,23,24,27). The first-order valence-corrected chi connectivity index (χ1v) is 12.2. The molecule has 11 heteroatoms. The number of halogens is 1. The number of aromatic nitrogens is 2. The topological polar surface area (TPSA) is 104 Å². The molecule has 1 amide bonds. The molecule has 0 aliphatic heterocycles. The van der Waals surface area contributed by atoms with Gasteiger partial charge in [0, 0.05) is 35.9 Å². The van der Waals surface area contributed by atoms with Gasteiger partial charge >= 0.3 is 0 Å². The zero-order valence-electron chi connectivity index (χ0n) is 17.0. The van der Waals surface area contributed by atoms with Crippen molar-refractivity contribution >= 4 is 49.7 Å². The molecule has 0 radical (unpaired) electrons. The summed E-state index contributed by atoms with van der Waals surface area (Å²) in [6.07, 6.45) is 0. The highest BCUT2D eigenvalue weighted by atomic mass is 35.5. The Kier molecular flexibility index (Phi) is 7.60. The first kappa shape index (κ1) is 23.1. The molecule has 2 aromatic carbocycles. The third kappa shape index (κ3) is 6.01. The Morgan fingerprint density at radius 2 is 1.68 bits per heavy atom. The van der Waals surface area contributed by atoms with E-state index in [2.05, 4.69) is 39.0 Å². The predicted molar refractivity (Wildman–Crippen MR) is 123 cm³/mol. The Morgan fingerprint density at radius 1 is 1.03 bits per heavy atom. The Bertz CT molecular complexity index is 1130. The predicted octanol–water partition coefficient (Wildman–Crippen LogP) is 3.77. The fourth-order valence-electron chi connectivity index (χ4n) is 2.79. The number of rotatable bonds is 9. The van der Waals surface area contributed by atoms with E-state index in [9.17, 15) is 13.2 Å². The van der Waals surface area contributed by atoms with Crippen LogP contribution in [-0.4, -0.2) is 37.6 Å². The summed E-state index contributed by atoms with van der Waals surface area (Å²) in [6, 6.07) is 14.0. The van der Waals surface area contributed by atoms with Gasteiger partial charge in [0.05, 0.1) is 0 Å². The van der Waals surface area contributed by atoms with E-state index >= 15 is 0 Å². The Hall–Kier alpha value is -2.53. The van der Waals surface area contributed by atoms with Gasteiger partial charge < -0.3 is 4.90 Å². The van der Waals surface area contributed by atoms with Crippen LogP contribution in [0.25, 0.3) is 0 Å². The molecule has 31 heavy (non-hydrogen) atoms. The number of hydrogen-bond acceptors (Lipinski definition) is 7. The molecule has 0 aliphatic carbocycles. The summed E-state index contributed by atoms with van der Waals surface area (Å²) < 4.78 is 27.4.